The minimum Gasteiger partial charge on any atom is -0.330 e. The summed E-state index contributed by atoms with van der Waals surface area (Å²) in [5.41, 5.74) is 1.14. The van der Waals surface area contributed by atoms with Crippen LogP contribution in [0.25, 0.3) is 6.08 Å². The van der Waals surface area contributed by atoms with Gasteiger partial charge in [0.2, 0.25) is 0 Å². The van der Waals surface area contributed by atoms with Gasteiger partial charge in [0.05, 0.1) is 10.5 Å². The van der Waals surface area contributed by atoms with E-state index in [1.54, 1.807) is 0 Å². The average Bonchev–Trinajstić information content (AvgIpc) is 2.43. The molecule has 0 aromatic heterocycles. The van der Waals surface area contributed by atoms with Crippen molar-refractivity contribution in [2.75, 3.05) is 6.54 Å². The molecule has 1 aromatic rings. The maximum atomic E-state index is 12.4. The summed E-state index contributed by atoms with van der Waals surface area (Å²) >= 11 is 0. The Balaban J connectivity index is 2.37. The smallest absolute Gasteiger partial charge is 0.330 e. The molecule has 1 aliphatic heterocycles. The Kier molecular flexibility index (Phi) is 3.71. The highest BCUT2D eigenvalue weighted by Crippen LogP contribution is 2.30. The van der Waals surface area contributed by atoms with Crippen molar-refractivity contribution >= 4 is 17.7 Å². The van der Waals surface area contributed by atoms with E-state index in [1.165, 1.54) is 18.2 Å². The monoisotopic (exact) mass is 300 g/mol. The molecule has 5 nitrogen and oxygen atoms in total. The molecule has 1 aromatic carbocycles. The Bertz CT molecular complexity index is 626. The molecule has 0 aliphatic carbocycles. The second-order valence-electron chi connectivity index (χ2n) is 4.62. The van der Waals surface area contributed by atoms with Gasteiger partial charge in [-0.2, -0.15) is 13.2 Å². The van der Waals surface area contributed by atoms with Crippen molar-refractivity contribution < 1.29 is 22.9 Å². The fourth-order valence-corrected chi connectivity index (χ4v) is 2.29. The number of alkyl halides is 3. The molecule has 1 heterocycles. The summed E-state index contributed by atoms with van der Waals surface area (Å²) in [6, 6.07) is 2.75. The zero-order valence-corrected chi connectivity index (χ0v) is 10.8. The van der Waals surface area contributed by atoms with Crippen LogP contribution in [0.1, 0.15) is 16.7 Å². The minimum absolute atomic E-state index is 0.0697. The van der Waals surface area contributed by atoms with Gasteiger partial charge in [0.15, 0.2) is 0 Å². The third-order valence-electron chi connectivity index (χ3n) is 3.31. The number of rotatable bonds is 2. The van der Waals surface area contributed by atoms with Gasteiger partial charge in [0, 0.05) is 19.2 Å². The van der Waals surface area contributed by atoms with Gasteiger partial charge in [-0.3, -0.25) is 14.9 Å². The van der Waals surface area contributed by atoms with Gasteiger partial charge in [-0.05, 0) is 23.6 Å². The molecule has 0 radical (unpaired) electrons. The van der Waals surface area contributed by atoms with Crippen LogP contribution >= 0.6 is 0 Å². The molecule has 0 saturated heterocycles. The normalized spacial score (nSPS) is 14.5. The standard InChI is InChI=1S/C13H11F3N2O3/c1-2-8-5-9-3-4-17(12(19)13(14,15)16)7-10(9)6-11(8)18(20)21/h2,5-6H,1,3-4,7H2. The molecule has 1 aliphatic rings. The first kappa shape index (κ1) is 15.0. The van der Waals surface area contributed by atoms with Crippen molar-refractivity contribution in [1.29, 1.82) is 0 Å². The van der Waals surface area contributed by atoms with E-state index in [0.29, 0.717) is 21.6 Å². The third-order valence-corrected chi connectivity index (χ3v) is 3.31. The number of fused-ring (bicyclic) bond motifs is 1. The molecule has 8 heteroatoms. The summed E-state index contributed by atoms with van der Waals surface area (Å²) in [6.45, 7) is 3.13. The lowest BCUT2D eigenvalue weighted by atomic mass is 9.96. The van der Waals surface area contributed by atoms with Gasteiger partial charge in [-0.25, -0.2) is 0 Å². The maximum absolute atomic E-state index is 12.4. The summed E-state index contributed by atoms with van der Waals surface area (Å²) in [6.07, 6.45) is -3.40. The van der Waals surface area contributed by atoms with E-state index in [-0.39, 0.29) is 25.2 Å². The van der Waals surface area contributed by atoms with E-state index < -0.39 is 17.0 Å². The van der Waals surface area contributed by atoms with Gasteiger partial charge in [-0.15, -0.1) is 0 Å². The van der Waals surface area contributed by atoms with Crippen molar-refractivity contribution in [3.05, 3.63) is 45.5 Å². The largest absolute Gasteiger partial charge is 0.471 e. The van der Waals surface area contributed by atoms with Gasteiger partial charge in [-0.1, -0.05) is 12.7 Å². The molecule has 0 saturated carbocycles. The lowest BCUT2D eigenvalue weighted by Crippen LogP contribution is -2.43. The number of nitro groups is 1. The van der Waals surface area contributed by atoms with Crippen LogP contribution in [0.2, 0.25) is 0 Å². The van der Waals surface area contributed by atoms with E-state index in [4.69, 9.17) is 0 Å². The van der Waals surface area contributed by atoms with Gasteiger partial charge in [0.1, 0.15) is 0 Å². The first-order valence-corrected chi connectivity index (χ1v) is 6.02. The number of benzene rings is 1. The lowest BCUT2D eigenvalue weighted by molar-refractivity contribution is -0.385. The SMILES string of the molecule is C=Cc1cc2c(cc1[N+](=O)[O-])CN(C(=O)C(F)(F)F)CC2. The Morgan fingerprint density at radius 3 is 2.57 bits per heavy atom. The number of carbonyl (C=O) groups is 1. The quantitative estimate of drug-likeness (QED) is 0.623. The number of halogens is 3. The summed E-state index contributed by atoms with van der Waals surface area (Å²) in [4.78, 5) is 22.2. The molecule has 112 valence electrons. The van der Waals surface area contributed by atoms with Crippen molar-refractivity contribution in [1.82, 2.24) is 4.90 Å². The zero-order chi connectivity index (χ0) is 15.8. The minimum atomic E-state index is -4.94. The molecule has 21 heavy (non-hydrogen) atoms. The second kappa shape index (κ2) is 5.19. The van der Waals surface area contributed by atoms with Crippen LogP contribution in [0.15, 0.2) is 18.7 Å². The fourth-order valence-electron chi connectivity index (χ4n) is 2.29. The van der Waals surface area contributed by atoms with Crippen LogP contribution in [0.5, 0.6) is 0 Å². The number of nitro benzene ring substituents is 1. The molecule has 1 amide bonds. The highest BCUT2D eigenvalue weighted by molar-refractivity contribution is 5.82. The van der Waals surface area contributed by atoms with E-state index in [9.17, 15) is 28.1 Å². The number of carbonyl (C=O) groups excluding carboxylic acids is 1. The van der Waals surface area contributed by atoms with E-state index in [0.717, 1.165) is 0 Å². The topological polar surface area (TPSA) is 63.5 Å². The highest BCUT2D eigenvalue weighted by Gasteiger charge is 2.43. The first-order chi connectivity index (χ1) is 9.74. The van der Waals surface area contributed by atoms with Crippen LogP contribution in [0.3, 0.4) is 0 Å². The maximum Gasteiger partial charge on any atom is 0.471 e. The lowest BCUT2D eigenvalue weighted by Gasteiger charge is -2.29. The number of hydrogen-bond donors (Lipinski definition) is 0. The van der Waals surface area contributed by atoms with Crippen LogP contribution in [-0.4, -0.2) is 28.5 Å². The van der Waals surface area contributed by atoms with Crippen LogP contribution in [0, 0.1) is 10.1 Å². The second-order valence-corrected chi connectivity index (χ2v) is 4.62. The predicted molar refractivity (Wildman–Crippen MR) is 68.4 cm³/mol. The summed E-state index contributed by atoms with van der Waals surface area (Å²) in [7, 11) is 0. The summed E-state index contributed by atoms with van der Waals surface area (Å²) in [5.74, 6) is -1.93. The van der Waals surface area contributed by atoms with E-state index >= 15 is 0 Å². The molecule has 0 spiro atoms. The number of amides is 1. The average molecular weight is 300 g/mol. The molecule has 0 N–H and O–H groups in total. The Morgan fingerprint density at radius 2 is 2.05 bits per heavy atom. The highest BCUT2D eigenvalue weighted by atomic mass is 19.4. The first-order valence-electron chi connectivity index (χ1n) is 6.02. The van der Waals surface area contributed by atoms with Crippen LogP contribution < -0.4 is 0 Å². The van der Waals surface area contributed by atoms with Crippen molar-refractivity contribution in [3.63, 3.8) is 0 Å². The molecular weight excluding hydrogens is 289 g/mol. The zero-order valence-electron chi connectivity index (χ0n) is 10.8. The predicted octanol–water partition coefficient (Wildman–Crippen LogP) is 2.68. The van der Waals surface area contributed by atoms with Gasteiger partial charge < -0.3 is 4.90 Å². The Morgan fingerprint density at radius 1 is 1.38 bits per heavy atom. The summed E-state index contributed by atoms with van der Waals surface area (Å²) in [5, 5.41) is 10.9. The van der Waals surface area contributed by atoms with Crippen LogP contribution in [-0.2, 0) is 17.8 Å². The van der Waals surface area contributed by atoms with E-state index in [1.807, 2.05) is 0 Å². The number of nitrogens with zero attached hydrogens (tertiary/aromatic N) is 2. The fraction of sp³-hybridized carbons (Fsp3) is 0.308. The molecule has 2 rings (SSSR count). The van der Waals surface area contributed by atoms with Crippen molar-refractivity contribution in [2.45, 2.75) is 19.1 Å². The Hall–Kier alpha value is -2.38. The molecule has 0 fully saturated rings. The van der Waals surface area contributed by atoms with Gasteiger partial charge >= 0.3 is 12.1 Å². The third kappa shape index (κ3) is 2.88. The van der Waals surface area contributed by atoms with Crippen molar-refractivity contribution in [3.8, 4) is 0 Å². The molecule has 0 unspecified atom stereocenters. The number of hydrogen-bond acceptors (Lipinski definition) is 3. The van der Waals surface area contributed by atoms with Crippen molar-refractivity contribution in [2.24, 2.45) is 0 Å². The molecular formula is C13H11F3N2O3. The van der Waals surface area contributed by atoms with Gasteiger partial charge in [0.25, 0.3) is 5.69 Å². The Labute approximate surface area is 117 Å². The van der Waals surface area contributed by atoms with Crippen LogP contribution in [0.4, 0.5) is 18.9 Å². The van der Waals surface area contributed by atoms with E-state index in [2.05, 4.69) is 6.58 Å². The molecule has 0 bridgehead atoms. The summed E-state index contributed by atoms with van der Waals surface area (Å²) < 4.78 is 37.3. The molecule has 0 atom stereocenters.